The minimum absolute atomic E-state index is 0.165. The summed E-state index contributed by atoms with van der Waals surface area (Å²) >= 11 is 0. The Hall–Kier alpha value is -2.08. The molecule has 0 bridgehead atoms. The lowest BCUT2D eigenvalue weighted by atomic mass is 10.1. The van der Waals surface area contributed by atoms with Crippen molar-refractivity contribution in [2.24, 2.45) is 0 Å². The molecular weight excluding hydrogens is 402 g/mol. The highest BCUT2D eigenvalue weighted by molar-refractivity contribution is 5.64. The number of ether oxygens (including phenoxy) is 2. The van der Waals surface area contributed by atoms with Crippen LogP contribution in [0.2, 0.25) is 0 Å². The maximum Gasteiger partial charge on any atom is 0.119 e. The van der Waals surface area contributed by atoms with Crippen molar-refractivity contribution in [3.8, 4) is 22.6 Å². The van der Waals surface area contributed by atoms with Crippen LogP contribution < -0.4 is 9.47 Å². The summed E-state index contributed by atoms with van der Waals surface area (Å²) in [6.07, 6.45) is 9.78. The van der Waals surface area contributed by atoms with E-state index in [2.05, 4.69) is 29.2 Å². The minimum atomic E-state index is 0.165. The first-order valence-electron chi connectivity index (χ1n) is 12.1. The number of benzene rings is 2. The Morgan fingerprint density at radius 1 is 0.594 bits per heavy atom. The lowest BCUT2D eigenvalue weighted by Gasteiger charge is -2.19. The van der Waals surface area contributed by atoms with Gasteiger partial charge in [-0.15, -0.1) is 0 Å². The fourth-order valence-electron chi connectivity index (χ4n) is 3.83. The van der Waals surface area contributed by atoms with Crippen LogP contribution in [-0.4, -0.2) is 61.7 Å². The smallest absolute Gasteiger partial charge is 0.119 e. The van der Waals surface area contributed by atoms with Gasteiger partial charge in [0.2, 0.25) is 0 Å². The molecule has 0 saturated heterocycles. The van der Waals surface area contributed by atoms with Gasteiger partial charge in [-0.25, -0.2) is 0 Å². The van der Waals surface area contributed by atoms with Gasteiger partial charge in [0.25, 0.3) is 0 Å². The predicted molar refractivity (Wildman–Crippen MR) is 131 cm³/mol. The molecule has 0 heterocycles. The Bertz CT molecular complexity index is 697. The molecule has 2 rings (SSSR count). The quantitative estimate of drug-likeness (QED) is 0.312. The average molecular weight is 444 g/mol. The molecule has 0 atom stereocenters. The van der Waals surface area contributed by atoms with Gasteiger partial charge in [-0.1, -0.05) is 62.8 Å². The van der Waals surface area contributed by atoms with Crippen molar-refractivity contribution >= 4 is 0 Å². The van der Waals surface area contributed by atoms with Crippen molar-refractivity contribution in [1.82, 2.24) is 4.90 Å². The zero-order valence-electron chi connectivity index (χ0n) is 19.7. The maximum atomic E-state index is 9.02. The van der Waals surface area contributed by atoms with Crippen molar-refractivity contribution in [2.75, 3.05) is 46.6 Å². The Labute approximate surface area is 194 Å². The summed E-state index contributed by atoms with van der Waals surface area (Å²) in [6.45, 7) is 3.40. The van der Waals surface area contributed by atoms with Gasteiger partial charge >= 0.3 is 0 Å². The number of aliphatic hydroxyl groups excluding tert-OH is 2. The molecule has 0 aliphatic heterocycles. The second kappa shape index (κ2) is 16.5. The molecule has 0 aliphatic rings. The van der Waals surface area contributed by atoms with Gasteiger partial charge in [0, 0.05) is 13.1 Å². The van der Waals surface area contributed by atoms with Crippen LogP contribution in [0.1, 0.15) is 51.4 Å². The van der Waals surface area contributed by atoms with Crippen LogP contribution in [0.25, 0.3) is 11.1 Å². The summed E-state index contributed by atoms with van der Waals surface area (Å²) < 4.78 is 11.1. The molecule has 32 heavy (non-hydrogen) atoms. The minimum Gasteiger partial charge on any atom is -0.497 e. The summed E-state index contributed by atoms with van der Waals surface area (Å²) in [4.78, 5) is 2.13. The molecule has 0 radical (unpaired) electrons. The van der Waals surface area contributed by atoms with Gasteiger partial charge in [0.15, 0.2) is 0 Å². The zero-order chi connectivity index (χ0) is 22.9. The third-order valence-corrected chi connectivity index (χ3v) is 5.75. The van der Waals surface area contributed by atoms with E-state index < -0.39 is 0 Å². The van der Waals surface area contributed by atoms with Gasteiger partial charge in [-0.2, -0.15) is 0 Å². The van der Waals surface area contributed by atoms with E-state index in [1.807, 2.05) is 24.3 Å². The molecule has 2 aromatic rings. The van der Waals surface area contributed by atoms with E-state index in [9.17, 15) is 0 Å². The van der Waals surface area contributed by atoms with Gasteiger partial charge in [-0.05, 0) is 54.8 Å². The molecule has 0 aromatic heterocycles. The van der Waals surface area contributed by atoms with Crippen molar-refractivity contribution in [2.45, 2.75) is 51.4 Å². The fourth-order valence-corrected chi connectivity index (χ4v) is 3.83. The molecule has 2 N–H and O–H groups in total. The summed E-state index contributed by atoms with van der Waals surface area (Å²) in [6, 6.07) is 16.4. The number of unbranched alkanes of at least 4 members (excludes halogenated alkanes) is 7. The Kier molecular flexibility index (Phi) is 13.5. The topological polar surface area (TPSA) is 62.2 Å². The SMILES string of the molecule is COc1ccc(-c2ccc(OCCCCCCCCCCN(CCO)CCO)cc2)cc1. The molecule has 0 amide bonds. The first-order chi connectivity index (χ1) is 15.8. The monoisotopic (exact) mass is 443 g/mol. The van der Waals surface area contributed by atoms with Crippen LogP contribution in [0.5, 0.6) is 11.5 Å². The third kappa shape index (κ3) is 10.5. The largest absolute Gasteiger partial charge is 0.497 e. The molecule has 0 spiro atoms. The first kappa shape index (κ1) is 26.2. The molecule has 2 aromatic carbocycles. The Morgan fingerprint density at radius 2 is 1.06 bits per heavy atom. The molecule has 0 saturated carbocycles. The summed E-state index contributed by atoms with van der Waals surface area (Å²) in [5, 5.41) is 18.0. The average Bonchev–Trinajstić information content (AvgIpc) is 2.83. The number of hydrogen-bond donors (Lipinski definition) is 2. The fraction of sp³-hybridized carbons (Fsp3) is 0.556. The van der Waals surface area contributed by atoms with Gasteiger partial charge in [-0.3, -0.25) is 4.90 Å². The van der Waals surface area contributed by atoms with Crippen LogP contribution >= 0.6 is 0 Å². The third-order valence-electron chi connectivity index (χ3n) is 5.75. The molecular formula is C27H41NO4. The Morgan fingerprint density at radius 3 is 1.56 bits per heavy atom. The number of methoxy groups -OCH3 is 1. The van der Waals surface area contributed by atoms with Crippen molar-refractivity contribution in [3.63, 3.8) is 0 Å². The number of rotatable bonds is 18. The molecule has 5 nitrogen and oxygen atoms in total. The van der Waals surface area contributed by atoms with Gasteiger partial charge < -0.3 is 19.7 Å². The summed E-state index contributed by atoms with van der Waals surface area (Å²) in [7, 11) is 1.68. The van der Waals surface area contributed by atoms with Crippen molar-refractivity contribution in [1.29, 1.82) is 0 Å². The molecule has 0 aliphatic carbocycles. The highest BCUT2D eigenvalue weighted by Gasteiger charge is 2.03. The summed E-state index contributed by atoms with van der Waals surface area (Å²) in [5.41, 5.74) is 2.35. The highest BCUT2D eigenvalue weighted by Crippen LogP contribution is 2.24. The van der Waals surface area contributed by atoms with E-state index >= 15 is 0 Å². The van der Waals surface area contributed by atoms with Crippen molar-refractivity contribution in [3.05, 3.63) is 48.5 Å². The van der Waals surface area contributed by atoms with E-state index in [-0.39, 0.29) is 13.2 Å². The van der Waals surface area contributed by atoms with Crippen LogP contribution in [0.4, 0.5) is 0 Å². The number of nitrogens with zero attached hydrogens (tertiary/aromatic N) is 1. The molecule has 0 fully saturated rings. The lowest BCUT2D eigenvalue weighted by molar-refractivity contribution is 0.159. The number of aliphatic hydroxyl groups is 2. The van der Waals surface area contributed by atoms with E-state index in [1.165, 1.54) is 49.7 Å². The highest BCUT2D eigenvalue weighted by atomic mass is 16.5. The predicted octanol–water partition coefficient (Wildman–Crippen LogP) is 5.15. The second-order valence-corrected chi connectivity index (χ2v) is 8.22. The molecule has 178 valence electrons. The standard InChI is InChI=1S/C27H41NO4/c1-31-26-14-10-24(11-15-26)25-12-16-27(17-13-25)32-23-9-7-5-3-2-4-6-8-18-28(19-21-29)20-22-30/h10-17,29-30H,2-9,18-23H2,1H3. The van der Waals surface area contributed by atoms with Gasteiger partial charge in [0.05, 0.1) is 26.9 Å². The molecule has 5 heteroatoms. The zero-order valence-corrected chi connectivity index (χ0v) is 19.7. The number of hydrogen-bond acceptors (Lipinski definition) is 5. The van der Waals surface area contributed by atoms with E-state index in [1.54, 1.807) is 7.11 Å². The Balaban J connectivity index is 1.48. The maximum absolute atomic E-state index is 9.02. The lowest BCUT2D eigenvalue weighted by Crippen LogP contribution is -2.30. The molecule has 0 unspecified atom stereocenters. The van der Waals surface area contributed by atoms with E-state index in [0.29, 0.717) is 13.1 Å². The van der Waals surface area contributed by atoms with Crippen LogP contribution in [0.3, 0.4) is 0 Å². The normalized spacial score (nSPS) is 11.1. The van der Waals surface area contributed by atoms with Crippen LogP contribution in [-0.2, 0) is 0 Å². The first-order valence-corrected chi connectivity index (χ1v) is 12.1. The van der Waals surface area contributed by atoms with E-state index in [0.717, 1.165) is 37.5 Å². The van der Waals surface area contributed by atoms with Crippen molar-refractivity contribution < 1.29 is 19.7 Å². The summed E-state index contributed by atoms with van der Waals surface area (Å²) in [5.74, 6) is 1.80. The van der Waals surface area contributed by atoms with Crippen LogP contribution in [0, 0.1) is 0 Å². The van der Waals surface area contributed by atoms with E-state index in [4.69, 9.17) is 19.7 Å². The van der Waals surface area contributed by atoms with Crippen LogP contribution in [0.15, 0.2) is 48.5 Å². The van der Waals surface area contributed by atoms with Gasteiger partial charge in [0.1, 0.15) is 11.5 Å². The second-order valence-electron chi connectivity index (χ2n) is 8.22.